The summed E-state index contributed by atoms with van der Waals surface area (Å²) in [5, 5.41) is 7.86. The van der Waals surface area contributed by atoms with Gasteiger partial charge in [-0.1, -0.05) is 54.1 Å². The Balaban J connectivity index is 1.46. The molecule has 0 bridgehead atoms. The van der Waals surface area contributed by atoms with Crippen LogP contribution in [-0.2, 0) is 19.6 Å². The van der Waals surface area contributed by atoms with Gasteiger partial charge in [0, 0.05) is 37.3 Å². The van der Waals surface area contributed by atoms with Crippen LogP contribution in [-0.4, -0.2) is 33.0 Å². The second-order valence-electron chi connectivity index (χ2n) is 7.01. The molecule has 0 saturated carbocycles. The Hall–Kier alpha value is -3.12. The SMILES string of the molecule is O=C(NCc1ccc(Cl)cc1)c1cc2n(n1)CCCN(Cc1ccccc1)C2=O. The van der Waals surface area contributed by atoms with E-state index in [0.717, 1.165) is 17.5 Å². The second-order valence-corrected chi connectivity index (χ2v) is 7.45. The molecular weight excluding hydrogens is 388 g/mol. The molecule has 3 aromatic rings. The third kappa shape index (κ3) is 4.49. The second kappa shape index (κ2) is 8.49. The number of nitrogens with zero attached hydrogens (tertiary/aromatic N) is 3. The van der Waals surface area contributed by atoms with E-state index in [9.17, 15) is 9.59 Å². The summed E-state index contributed by atoms with van der Waals surface area (Å²) >= 11 is 5.88. The molecule has 4 rings (SSSR count). The van der Waals surface area contributed by atoms with Crippen LogP contribution in [0.5, 0.6) is 0 Å². The van der Waals surface area contributed by atoms with Crippen molar-refractivity contribution in [2.45, 2.75) is 26.1 Å². The molecule has 2 aromatic carbocycles. The zero-order valence-corrected chi connectivity index (χ0v) is 16.6. The van der Waals surface area contributed by atoms with Crippen molar-refractivity contribution in [1.82, 2.24) is 20.0 Å². The molecule has 0 spiro atoms. The number of hydrogen-bond donors (Lipinski definition) is 1. The van der Waals surface area contributed by atoms with Crippen molar-refractivity contribution < 1.29 is 9.59 Å². The highest BCUT2D eigenvalue weighted by molar-refractivity contribution is 6.30. The quantitative estimate of drug-likeness (QED) is 0.702. The van der Waals surface area contributed by atoms with Crippen LogP contribution in [0.2, 0.25) is 5.02 Å². The molecule has 1 N–H and O–H groups in total. The van der Waals surface area contributed by atoms with Gasteiger partial charge in [0.15, 0.2) is 5.69 Å². The Kier molecular flexibility index (Phi) is 5.62. The molecule has 0 radical (unpaired) electrons. The van der Waals surface area contributed by atoms with Gasteiger partial charge in [0.05, 0.1) is 0 Å². The number of amides is 2. The van der Waals surface area contributed by atoms with E-state index in [1.165, 1.54) is 0 Å². The Morgan fingerprint density at radius 2 is 1.79 bits per heavy atom. The molecule has 2 amide bonds. The zero-order valence-electron chi connectivity index (χ0n) is 15.8. The van der Waals surface area contributed by atoms with Gasteiger partial charge in [-0.05, 0) is 29.7 Å². The van der Waals surface area contributed by atoms with Crippen molar-refractivity contribution in [3.05, 3.63) is 88.2 Å². The Morgan fingerprint density at radius 3 is 2.55 bits per heavy atom. The zero-order chi connectivity index (χ0) is 20.2. The van der Waals surface area contributed by atoms with Crippen LogP contribution in [0.15, 0.2) is 60.7 Å². The number of nitrogens with one attached hydrogen (secondary N) is 1. The lowest BCUT2D eigenvalue weighted by atomic mass is 10.2. The molecule has 0 saturated heterocycles. The Labute approximate surface area is 174 Å². The van der Waals surface area contributed by atoms with Crippen LogP contribution in [0.1, 0.15) is 38.5 Å². The number of fused-ring (bicyclic) bond motifs is 1. The molecule has 0 aliphatic carbocycles. The average Bonchev–Trinajstić information content (AvgIpc) is 3.11. The highest BCUT2D eigenvalue weighted by Crippen LogP contribution is 2.17. The molecule has 6 nitrogen and oxygen atoms in total. The monoisotopic (exact) mass is 408 g/mol. The van der Waals surface area contributed by atoms with Crippen LogP contribution in [0.4, 0.5) is 0 Å². The number of benzene rings is 2. The maximum absolute atomic E-state index is 13.0. The van der Waals surface area contributed by atoms with Gasteiger partial charge in [-0.15, -0.1) is 0 Å². The maximum Gasteiger partial charge on any atom is 0.272 e. The normalized spacial score (nSPS) is 13.7. The molecule has 1 aliphatic rings. The summed E-state index contributed by atoms with van der Waals surface area (Å²) in [5.41, 5.74) is 2.72. The maximum atomic E-state index is 13.0. The van der Waals surface area contributed by atoms with E-state index in [1.54, 1.807) is 22.9 Å². The predicted octanol–water partition coefficient (Wildman–Crippen LogP) is 3.51. The van der Waals surface area contributed by atoms with Crippen molar-refractivity contribution in [1.29, 1.82) is 0 Å². The number of halogens is 1. The summed E-state index contributed by atoms with van der Waals surface area (Å²) in [6, 6.07) is 18.8. The number of rotatable bonds is 5. The molecule has 2 heterocycles. The van der Waals surface area contributed by atoms with E-state index >= 15 is 0 Å². The fourth-order valence-corrected chi connectivity index (χ4v) is 3.50. The lowest BCUT2D eigenvalue weighted by molar-refractivity contribution is 0.0745. The van der Waals surface area contributed by atoms with Gasteiger partial charge < -0.3 is 10.2 Å². The molecule has 1 aromatic heterocycles. The smallest absolute Gasteiger partial charge is 0.272 e. The van der Waals surface area contributed by atoms with Crippen LogP contribution >= 0.6 is 11.6 Å². The minimum absolute atomic E-state index is 0.101. The van der Waals surface area contributed by atoms with Crippen molar-refractivity contribution >= 4 is 23.4 Å². The first-order chi connectivity index (χ1) is 14.1. The fraction of sp³-hybridized carbons (Fsp3) is 0.227. The summed E-state index contributed by atoms with van der Waals surface area (Å²) in [4.78, 5) is 27.3. The number of aryl methyl sites for hydroxylation is 1. The highest BCUT2D eigenvalue weighted by Gasteiger charge is 2.26. The van der Waals surface area contributed by atoms with E-state index in [2.05, 4.69) is 10.4 Å². The van der Waals surface area contributed by atoms with E-state index < -0.39 is 0 Å². The lowest BCUT2D eigenvalue weighted by Crippen LogP contribution is -2.30. The summed E-state index contributed by atoms with van der Waals surface area (Å²) in [6.07, 6.45) is 0.791. The molecule has 7 heteroatoms. The van der Waals surface area contributed by atoms with Crippen LogP contribution < -0.4 is 5.32 Å². The van der Waals surface area contributed by atoms with Gasteiger partial charge in [0.1, 0.15) is 5.69 Å². The van der Waals surface area contributed by atoms with E-state index in [0.29, 0.717) is 36.9 Å². The summed E-state index contributed by atoms with van der Waals surface area (Å²) in [7, 11) is 0. The Morgan fingerprint density at radius 1 is 1.03 bits per heavy atom. The van der Waals surface area contributed by atoms with Crippen molar-refractivity contribution in [2.24, 2.45) is 0 Å². The third-order valence-corrected chi connectivity index (χ3v) is 5.15. The van der Waals surface area contributed by atoms with Crippen LogP contribution in [0.3, 0.4) is 0 Å². The number of hydrogen-bond acceptors (Lipinski definition) is 3. The Bertz CT molecular complexity index is 1020. The average molecular weight is 409 g/mol. The fourth-order valence-electron chi connectivity index (χ4n) is 3.38. The molecule has 0 unspecified atom stereocenters. The van der Waals surface area contributed by atoms with Gasteiger partial charge in [0.2, 0.25) is 0 Å². The summed E-state index contributed by atoms with van der Waals surface area (Å²) in [6.45, 7) is 2.18. The number of carbonyl (C=O) groups is 2. The largest absolute Gasteiger partial charge is 0.347 e. The number of carbonyl (C=O) groups excluding carboxylic acids is 2. The van der Waals surface area contributed by atoms with Crippen molar-refractivity contribution in [2.75, 3.05) is 6.54 Å². The first-order valence-corrected chi connectivity index (χ1v) is 9.91. The molecule has 0 fully saturated rings. The molecule has 0 atom stereocenters. The minimum Gasteiger partial charge on any atom is -0.347 e. The molecule has 148 valence electrons. The number of aromatic nitrogens is 2. The van der Waals surface area contributed by atoms with Crippen LogP contribution in [0.25, 0.3) is 0 Å². The molecule has 29 heavy (non-hydrogen) atoms. The van der Waals surface area contributed by atoms with Crippen molar-refractivity contribution in [3.8, 4) is 0 Å². The molecule has 1 aliphatic heterocycles. The van der Waals surface area contributed by atoms with Gasteiger partial charge in [-0.2, -0.15) is 5.10 Å². The topological polar surface area (TPSA) is 67.2 Å². The summed E-state index contributed by atoms with van der Waals surface area (Å²) in [5.74, 6) is -0.404. The van der Waals surface area contributed by atoms with Crippen LogP contribution in [0, 0.1) is 0 Å². The van der Waals surface area contributed by atoms with E-state index in [-0.39, 0.29) is 17.5 Å². The third-order valence-electron chi connectivity index (χ3n) is 4.90. The first kappa shape index (κ1) is 19.2. The van der Waals surface area contributed by atoms with Gasteiger partial charge in [-0.3, -0.25) is 14.3 Å². The van der Waals surface area contributed by atoms with E-state index in [4.69, 9.17) is 11.6 Å². The highest BCUT2D eigenvalue weighted by atomic mass is 35.5. The van der Waals surface area contributed by atoms with Crippen molar-refractivity contribution in [3.63, 3.8) is 0 Å². The van der Waals surface area contributed by atoms with Gasteiger partial charge in [0.25, 0.3) is 11.8 Å². The lowest BCUT2D eigenvalue weighted by Gasteiger charge is -2.20. The predicted molar refractivity (Wildman–Crippen MR) is 111 cm³/mol. The van der Waals surface area contributed by atoms with Gasteiger partial charge >= 0.3 is 0 Å². The minimum atomic E-state index is -0.303. The molecular formula is C22H21ClN4O2. The van der Waals surface area contributed by atoms with Gasteiger partial charge in [-0.25, -0.2) is 0 Å². The standard InChI is InChI=1S/C22H21ClN4O2/c23-18-9-7-16(8-10-18)14-24-21(28)19-13-20-22(29)26(11-4-12-27(20)25-19)15-17-5-2-1-3-6-17/h1-3,5-10,13H,4,11-12,14-15H2,(H,24,28). The first-order valence-electron chi connectivity index (χ1n) is 9.54. The van der Waals surface area contributed by atoms with E-state index in [1.807, 2.05) is 47.4 Å². The summed E-state index contributed by atoms with van der Waals surface area (Å²) < 4.78 is 1.64.